The van der Waals surface area contributed by atoms with E-state index >= 15 is 0 Å². The van der Waals surface area contributed by atoms with Gasteiger partial charge in [-0.2, -0.15) is 22.6 Å². The molecule has 33 heavy (non-hydrogen) atoms. The first kappa shape index (κ1) is 23.1. The van der Waals surface area contributed by atoms with Crippen LogP contribution in [0.25, 0.3) is 5.69 Å². The Kier molecular flexibility index (Phi) is 5.87. The van der Waals surface area contributed by atoms with Gasteiger partial charge < -0.3 is 14.4 Å². The van der Waals surface area contributed by atoms with Gasteiger partial charge in [-0.25, -0.2) is 4.79 Å². The number of fused-ring (bicyclic) bond motifs is 1. The van der Waals surface area contributed by atoms with E-state index in [9.17, 15) is 22.4 Å². The molecule has 2 amide bonds. The summed E-state index contributed by atoms with van der Waals surface area (Å²) in [4.78, 5) is 19.2. The molecule has 0 bridgehead atoms. The molecule has 2 heterocycles. The van der Waals surface area contributed by atoms with Crippen molar-refractivity contribution >= 4 is 29.0 Å². The minimum atomic E-state index is -4.83. The lowest BCUT2D eigenvalue weighted by Gasteiger charge is -2.31. The highest BCUT2D eigenvalue weighted by atomic mass is 35.5. The lowest BCUT2D eigenvalue weighted by molar-refractivity contribution is -0.391. The molecule has 0 saturated heterocycles. The molecule has 0 aliphatic carbocycles. The number of alkyl halides is 4. The zero-order valence-electron chi connectivity index (χ0n) is 17.2. The highest BCUT2D eigenvalue weighted by molar-refractivity contribution is 7.09. The fourth-order valence-electron chi connectivity index (χ4n) is 3.04. The maximum atomic E-state index is 13.6. The first-order valence-corrected chi connectivity index (χ1v) is 10.7. The average Bonchev–Trinajstić information content (AvgIpc) is 3.09. The zero-order valence-corrected chi connectivity index (χ0v) is 18.8. The third kappa shape index (κ3) is 4.55. The molecule has 4 rings (SSSR count). The quantitative estimate of drug-likeness (QED) is 0.438. The number of thiazole rings is 1. The number of aromatic nitrogens is 1. The van der Waals surface area contributed by atoms with Gasteiger partial charge in [0.05, 0.1) is 5.69 Å². The molecule has 1 aromatic heterocycles. The van der Waals surface area contributed by atoms with E-state index in [0.29, 0.717) is 5.02 Å². The predicted molar refractivity (Wildman–Crippen MR) is 113 cm³/mol. The lowest BCUT2D eigenvalue weighted by atomic mass is 10.2. The monoisotopic (exact) mass is 501 g/mol. The van der Waals surface area contributed by atoms with E-state index in [1.807, 2.05) is 0 Å². The van der Waals surface area contributed by atoms with Crippen molar-refractivity contribution in [3.63, 3.8) is 0 Å². The molecule has 0 unspecified atom stereocenters. The number of hydrogen-bond donors (Lipinski definition) is 0. The Morgan fingerprint density at radius 1 is 1.12 bits per heavy atom. The summed E-state index contributed by atoms with van der Waals surface area (Å²) >= 11 is 7.33. The van der Waals surface area contributed by atoms with Gasteiger partial charge in [-0.15, -0.1) is 11.3 Å². The molecule has 0 spiro atoms. The predicted octanol–water partition coefficient (Wildman–Crippen LogP) is 5.61. The van der Waals surface area contributed by atoms with Gasteiger partial charge in [0, 0.05) is 35.8 Å². The van der Waals surface area contributed by atoms with Gasteiger partial charge in [0.25, 0.3) is 0 Å². The van der Waals surface area contributed by atoms with Gasteiger partial charge in [-0.05, 0) is 30.7 Å². The van der Waals surface area contributed by atoms with Crippen LogP contribution in [0.4, 0.5) is 22.4 Å². The molecule has 0 radical (unpaired) electrons. The van der Waals surface area contributed by atoms with Crippen molar-refractivity contribution in [3.8, 4) is 17.2 Å². The van der Waals surface area contributed by atoms with Gasteiger partial charge in [-0.3, -0.25) is 4.57 Å². The van der Waals surface area contributed by atoms with Crippen molar-refractivity contribution < 1.29 is 31.8 Å². The van der Waals surface area contributed by atoms with Gasteiger partial charge >= 0.3 is 18.2 Å². The summed E-state index contributed by atoms with van der Waals surface area (Å²) < 4.78 is 63.7. The number of carbonyl (C=O) groups is 1. The van der Waals surface area contributed by atoms with E-state index < -0.39 is 29.7 Å². The SMILES string of the molecule is Cc1cn(-c2ccc3c(c2)OC(F)(F)C(F)(F)O3)c(=NC(=O)N(C)Cc2ccccc2Cl)s1. The van der Waals surface area contributed by atoms with E-state index in [1.165, 1.54) is 26.9 Å². The van der Waals surface area contributed by atoms with Crippen molar-refractivity contribution in [2.45, 2.75) is 25.7 Å². The Morgan fingerprint density at radius 2 is 1.79 bits per heavy atom. The number of carbonyl (C=O) groups excluding carboxylic acids is 1. The van der Waals surface area contributed by atoms with Crippen LogP contribution in [-0.4, -0.2) is 34.8 Å². The molecule has 0 saturated carbocycles. The molecule has 6 nitrogen and oxygen atoms in total. The number of urea groups is 1. The topological polar surface area (TPSA) is 56.1 Å². The summed E-state index contributed by atoms with van der Waals surface area (Å²) in [6.45, 7) is 1.99. The van der Waals surface area contributed by atoms with E-state index in [4.69, 9.17) is 11.6 Å². The maximum absolute atomic E-state index is 13.6. The maximum Gasteiger partial charge on any atom is 0.507 e. The number of nitrogens with zero attached hydrogens (tertiary/aromatic N) is 3. The van der Waals surface area contributed by atoms with Crippen LogP contribution in [0.1, 0.15) is 10.4 Å². The first-order chi connectivity index (χ1) is 15.5. The van der Waals surface area contributed by atoms with Crippen LogP contribution < -0.4 is 14.3 Å². The fraction of sp³-hybridized carbons (Fsp3) is 0.238. The van der Waals surface area contributed by atoms with E-state index in [2.05, 4.69) is 14.5 Å². The average molecular weight is 502 g/mol. The number of benzene rings is 2. The van der Waals surface area contributed by atoms with E-state index in [1.54, 1.807) is 44.4 Å². The summed E-state index contributed by atoms with van der Waals surface area (Å²) in [5.41, 5.74) is 1.01. The molecule has 0 N–H and O–H groups in total. The molecule has 3 aromatic rings. The standard InChI is InChI=1S/C21H16ClF4N3O3S/c1-12-10-29(14-7-8-16-17(9-14)32-21(25,26)20(23,24)31-16)19(33-12)27-18(30)28(2)11-13-5-3-4-6-15(13)22/h3-10H,11H2,1-2H3. The highest BCUT2D eigenvalue weighted by Gasteiger charge is 2.65. The Balaban J connectivity index is 1.65. The Hall–Kier alpha value is -3.05. The number of ether oxygens (including phenoxy) is 2. The van der Waals surface area contributed by atoms with Crippen molar-refractivity contribution in [3.05, 3.63) is 68.9 Å². The van der Waals surface area contributed by atoms with E-state index in [0.717, 1.165) is 22.6 Å². The molecule has 0 fully saturated rings. The van der Waals surface area contributed by atoms with Crippen LogP contribution in [0.5, 0.6) is 11.5 Å². The van der Waals surface area contributed by atoms with Gasteiger partial charge in [0.2, 0.25) is 0 Å². The molecular weight excluding hydrogens is 486 g/mol. The third-order valence-corrected chi connectivity index (χ3v) is 5.94. The number of halogens is 5. The van der Waals surface area contributed by atoms with Crippen LogP contribution in [0.3, 0.4) is 0 Å². The van der Waals surface area contributed by atoms with Crippen molar-refractivity contribution in [1.82, 2.24) is 9.47 Å². The summed E-state index contributed by atoms with van der Waals surface area (Å²) in [7, 11) is 1.56. The van der Waals surface area contributed by atoms with Crippen LogP contribution in [0.15, 0.2) is 53.7 Å². The summed E-state index contributed by atoms with van der Waals surface area (Å²) in [5, 5.41) is 0.512. The van der Waals surface area contributed by atoms with Crippen molar-refractivity contribution in [1.29, 1.82) is 0 Å². The second-order valence-electron chi connectivity index (χ2n) is 7.20. The Bertz CT molecular complexity index is 1290. The fourth-order valence-corrected chi connectivity index (χ4v) is 4.06. The van der Waals surface area contributed by atoms with Crippen molar-refractivity contribution in [2.75, 3.05) is 7.05 Å². The second-order valence-corrected chi connectivity index (χ2v) is 8.83. The summed E-state index contributed by atoms with van der Waals surface area (Å²) in [6.07, 6.45) is -8.01. The minimum absolute atomic E-state index is 0.222. The van der Waals surface area contributed by atoms with Crippen LogP contribution in [0.2, 0.25) is 5.02 Å². The molecule has 2 aromatic carbocycles. The number of hydrogen-bond acceptors (Lipinski definition) is 4. The Labute approximate surface area is 194 Å². The van der Waals surface area contributed by atoms with Gasteiger partial charge in [0.15, 0.2) is 16.3 Å². The first-order valence-electron chi connectivity index (χ1n) is 9.47. The van der Waals surface area contributed by atoms with Gasteiger partial charge in [-0.1, -0.05) is 29.8 Å². The molecule has 1 aliphatic heterocycles. The van der Waals surface area contributed by atoms with E-state index in [-0.39, 0.29) is 17.0 Å². The summed E-state index contributed by atoms with van der Waals surface area (Å²) in [6, 6.07) is 10.1. The third-order valence-electron chi connectivity index (χ3n) is 4.67. The zero-order chi connectivity index (χ0) is 24.0. The molecule has 174 valence electrons. The lowest BCUT2D eigenvalue weighted by Crippen LogP contribution is -2.52. The molecule has 1 aliphatic rings. The van der Waals surface area contributed by atoms with Crippen molar-refractivity contribution in [2.24, 2.45) is 4.99 Å². The molecular formula is C21H16ClF4N3O3S. The normalized spacial score (nSPS) is 16.5. The minimum Gasteiger partial charge on any atom is -0.421 e. The van der Waals surface area contributed by atoms with Crippen LogP contribution in [0, 0.1) is 6.92 Å². The smallest absolute Gasteiger partial charge is 0.421 e. The highest BCUT2D eigenvalue weighted by Crippen LogP contribution is 2.47. The van der Waals surface area contributed by atoms with Gasteiger partial charge in [0.1, 0.15) is 0 Å². The number of rotatable bonds is 3. The van der Waals surface area contributed by atoms with Crippen LogP contribution in [-0.2, 0) is 6.54 Å². The Morgan fingerprint density at radius 3 is 2.48 bits per heavy atom. The van der Waals surface area contributed by atoms with Crippen LogP contribution >= 0.6 is 22.9 Å². The number of amides is 2. The molecule has 12 heteroatoms. The molecule has 0 atom stereocenters. The number of aryl methyl sites for hydroxylation is 1. The summed E-state index contributed by atoms with van der Waals surface area (Å²) in [5.74, 6) is -1.09. The largest absolute Gasteiger partial charge is 0.507 e. The second kappa shape index (κ2) is 8.38.